The van der Waals surface area contributed by atoms with Gasteiger partial charge in [-0.2, -0.15) is 0 Å². The fourth-order valence-corrected chi connectivity index (χ4v) is 19.7. The maximum absolute atomic E-state index is 12.4. The average molecular weight is 1510 g/mol. The first-order valence-corrected chi connectivity index (χ1v) is 38.6. The standard InChI is InChI=1S/C68H74N8O11.C21H26O2.Na/c1-29-41(13-17-61(79)80)53-28-56-44(16-20-64(85)86)32(4)48(72-56)24-59-68(36(8)52(76-59)25-58-65(37(9)77)33(5)49(73-58)21-45(29)69-53)40(12)87-39(11)67-35(7)50-22-46-30(2)42(14-18-62(81)82)54(70-46)27-55-43(15-19-63(83)84)31(3)47(71-55)23-57-66(38(10)78)34(6)51(74-57)26-60(67)75-50;1-3-10-21-12-8-15(22)13-14(21)4-5-16-17-6-7-19(23)20(17,2)11-9-18(16)21;/h21-28,37-40,72,74-78H,13-20H2,1-12H3,(H,79,80)(H,81,82)(H,83,84)(H,85,86);1,13,16-18H,4-12H2,2H3;/q;;+1/t;16-,17-,18-,20-,21-;/m.0./s1. The van der Waals surface area contributed by atoms with Crippen LogP contribution in [-0.2, 0) is 39.9 Å². The Hall–Kier alpha value is -9.40. The summed E-state index contributed by atoms with van der Waals surface area (Å²) in [5.41, 5.74) is 23.8. The number of ketones is 2. The Morgan fingerprint density at radius 3 is 1.43 bits per heavy atom. The summed E-state index contributed by atoms with van der Waals surface area (Å²) < 4.78 is 7.28. The van der Waals surface area contributed by atoms with Crippen LogP contribution in [0.2, 0.25) is 0 Å². The molecule has 21 nitrogen and oxygen atoms in total. The van der Waals surface area contributed by atoms with Crippen molar-refractivity contribution in [1.29, 1.82) is 0 Å². The molecule has 10 heterocycles. The Morgan fingerprint density at radius 1 is 0.495 bits per heavy atom. The van der Waals surface area contributed by atoms with Crippen LogP contribution in [0.1, 0.15) is 273 Å². The van der Waals surface area contributed by atoms with Gasteiger partial charge in [-0.25, -0.2) is 19.9 Å². The molecule has 111 heavy (non-hydrogen) atoms. The summed E-state index contributed by atoms with van der Waals surface area (Å²) in [7, 11) is 0. The molecular formula is C89H100N8NaO13+. The van der Waals surface area contributed by atoms with Gasteiger partial charge in [0.2, 0.25) is 0 Å². The molecule has 0 spiro atoms. The van der Waals surface area contributed by atoms with Crippen LogP contribution in [0, 0.1) is 68.6 Å². The van der Waals surface area contributed by atoms with Gasteiger partial charge in [-0.05, 0) is 286 Å². The normalized spacial score (nSPS) is 21.2. The number of terminal acetylenes is 1. The van der Waals surface area contributed by atoms with Crippen molar-refractivity contribution in [3.05, 3.63) is 150 Å². The van der Waals surface area contributed by atoms with Gasteiger partial charge in [0, 0.05) is 122 Å². The Labute approximate surface area is 668 Å². The summed E-state index contributed by atoms with van der Waals surface area (Å²) in [6.07, 6.45) is 13.4. The number of carboxylic acids is 4. The number of nitrogens with one attached hydrogen (secondary N) is 4. The first-order valence-electron chi connectivity index (χ1n) is 38.6. The zero-order valence-electron chi connectivity index (χ0n) is 66.2. The number of ether oxygens (including phenoxy) is 1. The summed E-state index contributed by atoms with van der Waals surface area (Å²) in [4.78, 5) is 108. The SMILES string of the molecule is C#CC[C@]12CCC(=O)C=C1CC[C@@H]1[C@@H]2CC[C@]2(C)C(=O)CC[C@@H]12.CC1=C(CCC(=O)O)c2cc3nc(cc4[nH]c(cc5[nH]c(cc1n2)c(C)c5C(C)OC(C)c1c(C)c2cc5nc(cc6nc(cc7[nH]c(cc1[nH]2)c(C)c7CCC(=O)O)C(CCC(=O)O)=C6C)C(C)=C5C(C)O)c(C)c4C(C)O)C(C)=C3CCC(=O)O.[Na+]. The minimum atomic E-state index is -0.962. The van der Waals surface area contributed by atoms with Crippen LogP contribution in [0.5, 0.6) is 0 Å². The van der Waals surface area contributed by atoms with E-state index in [-0.39, 0.29) is 97.5 Å². The van der Waals surface area contributed by atoms with Gasteiger partial charge in [0.05, 0.1) is 70.0 Å². The number of Topliss-reactive ketones (excluding diaryl/α,β-unsaturated/α-hetero) is 1. The summed E-state index contributed by atoms with van der Waals surface area (Å²) >= 11 is 0. The molecule has 22 heteroatoms. The van der Waals surface area contributed by atoms with Crippen LogP contribution in [-0.4, -0.2) is 112 Å². The Kier molecular flexibility index (Phi) is 23.4. The number of aliphatic carboxylic acids is 4. The third-order valence-electron chi connectivity index (χ3n) is 25.5. The van der Waals surface area contributed by atoms with E-state index in [1.807, 2.05) is 124 Å². The Bertz CT molecular complexity index is 5510. The maximum atomic E-state index is 12.4. The summed E-state index contributed by atoms with van der Waals surface area (Å²) in [5.74, 6) is 1.63. The molecule has 0 aromatic carbocycles. The average Bonchev–Trinajstić information content (AvgIpc) is 1.49. The third kappa shape index (κ3) is 15.3. The van der Waals surface area contributed by atoms with Gasteiger partial charge in [0.1, 0.15) is 5.78 Å². The van der Waals surface area contributed by atoms with Crippen molar-refractivity contribution in [2.75, 3.05) is 0 Å². The third-order valence-corrected chi connectivity index (χ3v) is 25.5. The molecule has 574 valence electrons. The van der Waals surface area contributed by atoms with E-state index < -0.39 is 48.3 Å². The number of carbonyl (C=O) groups excluding carboxylic acids is 2. The number of nitrogens with zero attached hydrogens (tertiary/aromatic N) is 4. The number of carbonyl (C=O) groups is 6. The minimum Gasteiger partial charge on any atom is -0.481 e. The number of rotatable bonds is 19. The number of aromatic amines is 4. The van der Waals surface area contributed by atoms with Gasteiger partial charge in [0.15, 0.2) is 5.78 Å². The van der Waals surface area contributed by atoms with Crippen LogP contribution >= 0.6 is 0 Å². The Morgan fingerprint density at radius 2 is 0.919 bits per heavy atom. The van der Waals surface area contributed by atoms with E-state index in [9.17, 15) is 59.4 Å². The van der Waals surface area contributed by atoms with E-state index in [0.29, 0.717) is 125 Å². The number of H-pyrrole nitrogens is 4. The Balaban J connectivity index is 0.000000403. The molecule has 6 aromatic heterocycles. The van der Waals surface area contributed by atoms with E-state index in [4.69, 9.17) is 31.1 Å². The van der Waals surface area contributed by atoms with Gasteiger partial charge in [0.25, 0.3) is 0 Å². The maximum Gasteiger partial charge on any atom is 1.00 e. The molecule has 6 aromatic rings. The fraction of sp³-hybridized carbons (Fsp3) is 0.438. The van der Waals surface area contributed by atoms with Crippen LogP contribution in [0.4, 0.5) is 0 Å². The van der Waals surface area contributed by atoms with E-state index in [1.165, 1.54) is 5.57 Å². The van der Waals surface area contributed by atoms with Crippen LogP contribution < -0.4 is 29.6 Å². The quantitative estimate of drug-likeness (QED) is 0.0266. The molecule has 4 aliphatic carbocycles. The van der Waals surface area contributed by atoms with Crippen LogP contribution in [0.3, 0.4) is 0 Å². The summed E-state index contributed by atoms with van der Waals surface area (Å²) in [6, 6.07) is 15.3. The summed E-state index contributed by atoms with van der Waals surface area (Å²) in [6.45, 7) is 25.2. The largest absolute Gasteiger partial charge is 1.00 e. The van der Waals surface area contributed by atoms with Gasteiger partial charge in [-0.3, -0.25) is 28.8 Å². The fourth-order valence-electron chi connectivity index (χ4n) is 19.7. The van der Waals surface area contributed by atoms with Crippen molar-refractivity contribution < 1.29 is 93.7 Å². The molecule has 3 fully saturated rings. The van der Waals surface area contributed by atoms with E-state index >= 15 is 0 Å². The molecule has 0 amide bonds. The van der Waals surface area contributed by atoms with Crippen molar-refractivity contribution in [1.82, 2.24) is 39.9 Å². The molecule has 0 saturated heterocycles. The molecule has 3 saturated carbocycles. The van der Waals surface area contributed by atoms with Gasteiger partial charge < -0.3 is 55.3 Å². The minimum absolute atomic E-state index is 0. The summed E-state index contributed by atoms with van der Waals surface area (Å²) in [5, 5.41) is 62.2. The van der Waals surface area contributed by atoms with Gasteiger partial charge in [-0.1, -0.05) is 12.5 Å². The number of hydrogen-bond donors (Lipinski definition) is 10. The number of carboxylic acid groups (broad SMARTS) is 4. The molecule has 0 radical (unpaired) electrons. The number of hydrogen-bond acceptors (Lipinski definition) is 13. The molecule has 8 aliphatic rings. The predicted molar refractivity (Wildman–Crippen MR) is 427 cm³/mol. The first-order chi connectivity index (χ1) is 52.2. The first kappa shape index (κ1) is 81.1. The molecule has 16 bridgehead atoms. The van der Waals surface area contributed by atoms with E-state index in [0.717, 1.165) is 135 Å². The predicted octanol–water partition coefficient (Wildman–Crippen LogP) is 14.9. The second-order valence-corrected chi connectivity index (χ2v) is 31.9. The van der Waals surface area contributed by atoms with E-state index in [1.54, 1.807) is 13.8 Å². The zero-order chi connectivity index (χ0) is 79.0. The van der Waals surface area contributed by atoms with Crippen LogP contribution in [0.25, 0.3) is 88.7 Å². The number of aromatic nitrogens is 8. The van der Waals surface area contributed by atoms with Gasteiger partial charge in [-0.15, -0.1) is 12.3 Å². The molecule has 4 unspecified atom stereocenters. The molecular weight excluding hydrogens is 1410 g/mol. The van der Waals surface area contributed by atoms with Crippen LogP contribution in [0.15, 0.2) is 60.2 Å². The second kappa shape index (κ2) is 32.0. The van der Waals surface area contributed by atoms with Crippen molar-refractivity contribution in [2.24, 2.45) is 28.6 Å². The number of aliphatic hydroxyl groups excluding tert-OH is 2. The van der Waals surface area contributed by atoms with Crippen molar-refractivity contribution in [3.63, 3.8) is 0 Å². The molecule has 14 rings (SSSR count). The number of aliphatic hydroxyl groups is 2. The molecule has 9 atom stereocenters. The van der Waals surface area contributed by atoms with E-state index in [2.05, 4.69) is 32.8 Å². The number of aryl methyl sites for hydroxylation is 5. The number of fused-ring (bicyclic) bond motifs is 21. The monoisotopic (exact) mass is 1510 g/mol. The molecule has 10 N–H and O–H groups in total. The zero-order valence-corrected chi connectivity index (χ0v) is 68.2. The van der Waals surface area contributed by atoms with Gasteiger partial charge >= 0.3 is 53.4 Å². The second-order valence-electron chi connectivity index (χ2n) is 31.9. The topological polar surface area (TPSA) is 348 Å². The number of allylic oxidation sites excluding steroid dienone is 8. The van der Waals surface area contributed by atoms with Crippen molar-refractivity contribution >= 4 is 124 Å². The molecule has 4 aliphatic heterocycles. The smallest absolute Gasteiger partial charge is 0.481 e. The van der Waals surface area contributed by atoms with Crippen molar-refractivity contribution in [3.8, 4) is 12.3 Å². The van der Waals surface area contributed by atoms with Crippen molar-refractivity contribution in [2.45, 2.75) is 224 Å².